The van der Waals surface area contributed by atoms with E-state index in [4.69, 9.17) is 16.7 Å². The molecule has 1 fully saturated rings. The number of hydrogen-bond acceptors (Lipinski definition) is 2. The molecule has 1 aromatic rings. The minimum Gasteiger partial charge on any atom is -0.478 e. The molecule has 0 saturated carbocycles. The second-order valence-electron chi connectivity index (χ2n) is 5.19. The number of rotatable bonds is 3. The number of hydrogen-bond donors (Lipinski definition) is 1. The third-order valence-corrected chi connectivity index (χ3v) is 3.85. The summed E-state index contributed by atoms with van der Waals surface area (Å²) < 4.78 is 0. The lowest BCUT2D eigenvalue weighted by Gasteiger charge is -2.26. The quantitative estimate of drug-likeness (QED) is 0.858. The van der Waals surface area contributed by atoms with Crippen LogP contribution in [0.4, 0.5) is 5.69 Å². The van der Waals surface area contributed by atoms with Crippen molar-refractivity contribution in [3.63, 3.8) is 0 Å². The Morgan fingerprint density at radius 3 is 2.79 bits per heavy atom. The van der Waals surface area contributed by atoms with Gasteiger partial charge in [0.05, 0.1) is 0 Å². The lowest BCUT2D eigenvalue weighted by molar-refractivity contribution is -0.131. The molecule has 0 amide bonds. The zero-order chi connectivity index (χ0) is 14.0. The molecule has 1 aliphatic rings. The van der Waals surface area contributed by atoms with Crippen molar-refractivity contribution in [2.75, 3.05) is 11.4 Å². The van der Waals surface area contributed by atoms with Crippen LogP contribution in [0.3, 0.4) is 0 Å². The van der Waals surface area contributed by atoms with E-state index in [9.17, 15) is 4.79 Å². The Bertz CT molecular complexity index is 513. The molecule has 0 bridgehead atoms. The summed E-state index contributed by atoms with van der Waals surface area (Å²) in [6, 6.07) is 6.15. The van der Waals surface area contributed by atoms with Gasteiger partial charge in [0.25, 0.3) is 0 Å². The van der Waals surface area contributed by atoms with Gasteiger partial charge in [-0.3, -0.25) is 0 Å². The maximum atomic E-state index is 10.7. The van der Waals surface area contributed by atoms with E-state index in [-0.39, 0.29) is 0 Å². The minimum absolute atomic E-state index is 0.449. The fourth-order valence-corrected chi connectivity index (χ4v) is 2.96. The monoisotopic (exact) mass is 279 g/mol. The van der Waals surface area contributed by atoms with Crippen molar-refractivity contribution >= 4 is 29.3 Å². The SMILES string of the molecule is CC1CC(C)N(c2cccc(Cl)c2/C=C/C(=O)O)C1. The zero-order valence-electron chi connectivity index (χ0n) is 11.1. The molecular weight excluding hydrogens is 262 g/mol. The molecular formula is C15H18ClNO2. The van der Waals surface area contributed by atoms with E-state index in [1.807, 2.05) is 12.1 Å². The van der Waals surface area contributed by atoms with Gasteiger partial charge in [0.2, 0.25) is 0 Å². The molecule has 1 heterocycles. The largest absolute Gasteiger partial charge is 0.478 e. The van der Waals surface area contributed by atoms with E-state index in [2.05, 4.69) is 18.7 Å². The minimum atomic E-state index is -0.964. The summed E-state index contributed by atoms with van der Waals surface area (Å²) in [6.07, 6.45) is 3.86. The van der Waals surface area contributed by atoms with Crippen LogP contribution >= 0.6 is 11.6 Å². The highest BCUT2D eigenvalue weighted by atomic mass is 35.5. The van der Waals surface area contributed by atoms with E-state index in [0.29, 0.717) is 17.0 Å². The van der Waals surface area contributed by atoms with E-state index < -0.39 is 5.97 Å². The van der Waals surface area contributed by atoms with E-state index in [1.54, 1.807) is 12.1 Å². The second-order valence-corrected chi connectivity index (χ2v) is 5.59. The number of nitrogens with zero attached hydrogens (tertiary/aromatic N) is 1. The Labute approximate surface area is 118 Å². The highest BCUT2D eigenvalue weighted by Gasteiger charge is 2.27. The summed E-state index contributed by atoms with van der Waals surface area (Å²) in [6.45, 7) is 5.40. The predicted molar refractivity (Wildman–Crippen MR) is 78.7 cm³/mol. The van der Waals surface area contributed by atoms with Crippen molar-refractivity contribution in [3.05, 3.63) is 34.9 Å². The van der Waals surface area contributed by atoms with Gasteiger partial charge < -0.3 is 10.0 Å². The molecule has 2 unspecified atom stereocenters. The van der Waals surface area contributed by atoms with Crippen molar-refractivity contribution in [1.29, 1.82) is 0 Å². The number of carboxylic acids is 1. The second kappa shape index (κ2) is 5.66. The van der Waals surface area contributed by atoms with Crippen molar-refractivity contribution in [2.24, 2.45) is 5.92 Å². The molecule has 1 saturated heterocycles. The summed E-state index contributed by atoms with van der Waals surface area (Å²) in [7, 11) is 0. The van der Waals surface area contributed by atoms with Gasteiger partial charge in [-0.1, -0.05) is 24.6 Å². The van der Waals surface area contributed by atoms with Crippen molar-refractivity contribution in [3.8, 4) is 0 Å². The average Bonchev–Trinajstić information content (AvgIpc) is 2.66. The molecule has 102 valence electrons. The smallest absolute Gasteiger partial charge is 0.328 e. The number of anilines is 1. The van der Waals surface area contributed by atoms with Crippen LogP contribution in [-0.4, -0.2) is 23.7 Å². The fourth-order valence-electron chi connectivity index (χ4n) is 2.73. The summed E-state index contributed by atoms with van der Waals surface area (Å²) in [4.78, 5) is 13.0. The molecule has 4 heteroatoms. The maximum Gasteiger partial charge on any atom is 0.328 e. The molecule has 0 spiro atoms. The summed E-state index contributed by atoms with van der Waals surface area (Å²) >= 11 is 6.20. The molecule has 2 atom stereocenters. The number of carbonyl (C=O) groups is 1. The average molecular weight is 280 g/mol. The molecule has 0 aromatic heterocycles. The molecule has 0 radical (unpaired) electrons. The first kappa shape index (κ1) is 13.9. The van der Waals surface area contributed by atoms with Crippen LogP contribution in [0.25, 0.3) is 6.08 Å². The Balaban J connectivity index is 2.40. The summed E-state index contributed by atoms with van der Waals surface area (Å²) in [5.74, 6) is -0.320. The highest BCUT2D eigenvalue weighted by molar-refractivity contribution is 6.32. The van der Waals surface area contributed by atoms with Gasteiger partial charge in [0.15, 0.2) is 0 Å². The first-order valence-electron chi connectivity index (χ1n) is 6.45. The van der Waals surface area contributed by atoms with Crippen molar-refractivity contribution < 1.29 is 9.90 Å². The standard InChI is InChI=1S/C15H18ClNO2/c1-10-8-11(2)17(9-10)14-5-3-4-13(16)12(14)6-7-15(18)19/h3-7,10-11H,8-9H2,1-2H3,(H,18,19)/b7-6+. The molecule has 19 heavy (non-hydrogen) atoms. The molecule has 1 N–H and O–H groups in total. The Hall–Kier alpha value is -1.48. The van der Waals surface area contributed by atoms with Gasteiger partial charge in [-0.05, 0) is 37.5 Å². The molecule has 3 nitrogen and oxygen atoms in total. The number of benzene rings is 1. The van der Waals surface area contributed by atoms with E-state index in [0.717, 1.165) is 30.3 Å². The lowest BCUT2D eigenvalue weighted by atomic mass is 10.1. The first-order valence-corrected chi connectivity index (χ1v) is 6.83. The van der Waals surface area contributed by atoms with Gasteiger partial charge in [0, 0.05) is 34.9 Å². The topological polar surface area (TPSA) is 40.5 Å². The normalized spacial score (nSPS) is 23.2. The fraction of sp³-hybridized carbons (Fsp3) is 0.400. The van der Waals surface area contributed by atoms with Crippen LogP contribution in [0.1, 0.15) is 25.8 Å². The molecule has 2 rings (SSSR count). The predicted octanol–water partition coefficient (Wildman–Crippen LogP) is 3.67. The van der Waals surface area contributed by atoms with E-state index >= 15 is 0 Å². The lowest BCUT2D eigenvalue weighted by Crippen LogP contribution is -2.27. The van der Waals surface area contributed by atoms with Crippen LogP contribution in [0, 0.1) is 5.92 Å². The Kier molecular flexibility index (Phi) is 4.15. The van der Waals surface area contributed by atoms with Crippen molar-refractivity contribution in [2.45, 2.75) is 26.3 Å². The van der Waals surface area contributed by atoms with Crippen LogP contribution in [0.15, 0.2) is 24.3 Å². The van der Waals surface area contributed by atoms with Gasteiger partial charge >= 0.3 is 5.97 Å². The number of carboxylic acid groups (broad SMARTS) is 1. The van der Waals surface area contributed by atoms with Crippen molar-refractivity contribution in [1.82, 2.24) is 0 Å². The number of halogens is 1. The van der Waals surface area contributed by atoms with Crippen LogP contribution in [-0.2, 0) is 4.79 Å². The molecule has 0 aliphatic carbocycles. The Morgan fingerprint density at radius 2 is 2.21 bits per heavy atom. The van der Waals surface area contributed by atoms with Crippen LogP contribution in [0.5, 0.6) is 0 Å². The Morgan fingerprint density at radius 1 is 1.47 bits per heavy atom. The number of aliphatic carboxylic acids is 1. The van der Waals surface area contributed by atoms with Gasteiger partial charge in [0.1, 0.15) is 0 Å². The van der Waals surface area contributed by atoms with Crippen LogP contribution < -0.4 is 4.90 Å². The van der Waals surface area contributed by atoms with Gasteiger partial charge in [-0.15, -0.1) is 0 Å². The molecule has 1 aromatic carbocycles. The zero-order valence-corrected chi connectivity index (χ0v) is 11.9. The summed E-state index contributed by atoms with van der Waals surface area (Å²) in [5, 5.41) is 9.36. The van der Waals surface area contributed by atoms with E-state index in [1.165, 1.54) is 0 Å². The first-order chi connectivity index (χ1) is 8.99. The third kappa shape index (κ3) is 3.10. The maximum absolute atomic E-state index is 10.7. The van der Waals surface area contributed by atoms with Gasteiger partial charge in [-0.2, -0.15) is 0 Å². The third-order valence-electron chi connectivity index (χ3n) is 3.52. The molecule has 1 aliphatic heterocycles. The van der Waals surface area contributed by atoms with Crippen LogP contribution in [0.2, 0.25) is 5.02 Å². The van der Waals surface area contributed by atoms with Gasteiger partial charge in [-0.25, -0.2) is 4.79 Å². The summed E-state index contributed by atoms with van der Waals surface area (Å²) in [5.41, 5.74) is 1.80. The highest BCUT2D eigenvalue weighted by Crippen LogP contribution is 2.35.